The molecule has 2 aliphatic rings. The van der Waals surface area contributed by atoms with Crippen LogP contribution in [0.15, 0.2) is 36.9 Å². The van der Waals surface area contributed by atoms with Crippen molar-refractivity contribution in [1.82, 2.24) is 10.2 Å². The Morgan fingerprint density at radius 3 is 2.91 bits per heavy atom. The van der Waals surface area contributed by atoms with Crippen LogP contribution in [0, 0.1) is 6.92 Å². The zero-order chi connectivity index (χ0) is 15.6. The number of hydrogen-bond acceptors (Lipinski definition) is 2. The van der Waals surface area contributed by atoms with Crippen LogP contribution in [0.4, 0.5) is 0 Å². The van der Waals surface area contributed by atoms with Gasteiger partial charge in [0.25, 0.3) is 0 Å². The molecule has 118 valence electrons. The topological polar surface area (TPSA) is 32.3 Å². The maximum Gasteiger partial charge on any atom is 0.237 e. The third-order valence-electron chi connectivity index (χ3n) is 5.06. The van der Waals surface area contributed by atoms with Gasteiger partial charge in [0.2, 0.25) is 5.91 Å². The minimum absolute atomic E-state index is 0.00559. The molecule has 1 atom stereocenters. The summed E-state index contributed by atoms with van der Waals surface area (Å²) < 4.78 is 0. The molecule has 3 nitrogen and oxygen atoms in total. The van der Waals surface area contributed by atoms with E-state index in [9.17, 15) is 4.79 Å². The van der Waals surface area contributed by atoms with E-state index in [1.54, 1.807) is 0 Å². The summed E-state index contributed by atoms with van der Waals surface area (Å²) >= 11 is 0. The van der Waals surface area contributed by atoms with E-state index >= 15 is 0 Å². The second-order valence-corrected chi connectivity index (χ2v) is 6.81. The molecule has 1 aromatic carbocycles. The maximum absolute atomic E-state index is 12.7. The molecule has 0 aromatic heterocycles. The van der Waals surface area contributed by atoms with Crippen molar-refractivity contribution in [2.24, 2.45) is 0 Å². The lowest BCUT2D eigenvalue weighted by Crippen LogP contribution is -2.48. The summed E-state index contributed by atoms with van der Waals surface area (Å²) in [6, 6.07) is 8.52. The number of amides is 1. The van der Waals surface area contributed by atoms with Crippen molar-refractivity contribution in [3.8, 4) is 0 Å². The van der Waals surface area contributed by atoms with E-state index in [0.29, 0.717) is 0 Å². The third kappa shape index (κ3) is 3.25. The van der Waals surface area contributed by atoms with Crippen molar-refractivity contribution < 1.29 is 4.79 Å². The average molecular weight is 298 g/mol. The molecule has 1 amide bonds. The molecule has 22 heavy (non-hydrogen) atoms. The number of nitrogens with zero attached hydrogens (tertiary/aromatic N) is 1. The Balaban J connectivity index is 1.63. The Morgan fingerprint density at radius 2 is 2.23 bits per heavy atom. The fraction of sp³-hybridized carbons (Fsp3) is 0.526. The maximum atomic E-state index is 12.7. The van der Waals surface area contributed by atoms with E-state index in [1.165, 1.54) is 11.1 Å². The molecule has 1 N–H and O–H groups in total. The molecule has 0 bridgehead atoms. The van der Waals surface area contributed by atoms with Crippen LogP contribution in [0.3, 0.4) is 0 Å². The van der Waals surface area contributed by atoms with E-state index in [1.807, 2.05) is 6.08 Å². The molecular formula is C19H26N2O. The summed E-state index contributed by atoms with van der Waals surface area (Å²) in [4.78, 5) is 14.9. The highest BCUT2D eigenvalue weighted by Crippen LogP contribution is 2.39. The number of rotatable bonds is 6. The van der Waals surface area contributed by atoms with Crippen LogP contribution >= 0.6 is 0 Å². The lowest BCUT2D eigenvalue weighted by molar-refractivity contribution is -0.126. The number of carbonyl (C=O) groups excluding carboxylic acids is 1. The van der Waals surface area contributed by atoms with Gasteiger partial charge in [-0.3, -0.25) is 9.69 Å². The van der Waals surface area contributed by atoms with Gasteiger partial charge in [0, 0.05) is 12.1 Å². The summed E-state index contributed by atoms with van der Waals surface area (Å²) in [6.07, 6.45) is 7.13. The van der Waals surface area contributed by atoms with Gasteiger partial charge in [-0.1, -0.05) is 30.3 Å². The largest absolute Gasteiger partial charge is 0.349 e. The highest BCUT2D eigenvalue weighted by Gasteiger charge is 2.45. The van der Waals surface area contributed by atoms with Gasteiger partial charge in [-0.05, 0) is 56.7 Å². The molecule has 2 fully saturated rings. The molecule has 1 heterocycles. The molecule has 0 unspecified atom stereocenters. The predicted molar refractivity (Wildman–Crippen MR) is 89.8 cm³/mol. The van der Waals surface area contributed by atoms with Gasteiger partial charge in [-0.15, -0.1) is 6.58 Å². The predicted octanol–water partition coefficient (Wildman–Crippen LogP) is 2.84. The lowest BCUT2D eigenvalue weighted by atomic mass is 9.99. The molecule has 1 saturated heterocycles. The zero-order valence-electron chi connectivity index (χ0n) is 13.5. The highest BCUT2D eigenvalue weighted by atomic mass is 16.2. The van der Waals surface area contributed by atoms with E-state index in [-0.39, 0.29) is 17.5 Å². The van der Waals surface area contributed by atoms with Gasteiger partial charge in [-0.2, -0.15) is 0 Å². The first-order chi connectivity index (χ1) is 10.6. The average Bonchev–Trinajstić information content (AvgIpc) is 3.08. The molecule has 1 aliphatic carbocycles. The van der Waals surface area contributed by atoms with Gasteiger partial charge < -0.3 is 5.32 Å². The summed E-state index contributed by atoms with van der Waals surface area (Å²) in [5.74, 6) is 0.213. The van der Waals surface area contributed by atoms with E-state index in [2.05, 4.69) is 48.0 Å². The molecular weight excluding hydrogens is 272 g/mol. The van der Waals surface area contributed by atoms with Crippen LogP contribution < -0.4 is 5.32 Å². The first-order valence-corrected chi connectivity index (χ1v) is 8.35. The first kappa shape index (κ1) is 15.3. The lowest BCUT2D eigenvalue weighted by Gasteiger charge is -2.26. The number of benzene rings is 1. The summed E-state index contributed by atoms with van der Waals surface area (Å²) in [5, 5.41) is 3.36. The monoisotopic (exact) mass is 298 g/mol. The van der Waals surface area contributed by atoms with Crippen LogP contribution in [-0.4, -0.2) is 35.5 Å². The summed E-state index contributed by atoms with van der Waals surface area (Å²) in [5.41, 5.74) is 2.68. The molecule has 3 rings (SSSR count). The third-order valence-corrected chi connectivity index (χ3v) is 5.06. The Kier molecular flexibility index (Phi) is 4.34. The summed E-state index contributed by atoms with van der Waals surface area (Å²) in [6.45, 7) is 7.76. The van der Waals surface area contributed by atoms with E-state index < -0.39 is 0 Å². The summed E-state index contributed by atoms with van der Waals surface area (Å²) in [7, 11) is 0. The Hall–Kier alpha value is -1.61. The van der Waals surface area contributed by atoms with Crippen LogP contribution in [0.1, 0.15) is 36.8 Å². The molecule has 0 spiro atoms. The molecule has 3 heteroatoms. The minimum atomic E-state index is 0.00559. The van der Waals surface area contributed by atoms with Crippen molar-refractivity contribution in [3.05, 3.63) is 48.0 Å². The highest BCUT2D eigenvalue weighted by molar-refractivity contribution is 5.83. The smallest absolute Gasteiger partial charge is 0.237 e. The molecule has 0 radical (unpaired) electrons. The number of likely N-dealkylation sites (tertiary alicyclic amines) is 1. The van der Waals surface area contributed by atoms with Gasteiger partial charge >= 0.3 is 0 Å². The molecule has 1 aliphatic heterocycles. The van der Waals surface area contributed by atoms with Gasteiger partial charge in [0.15, 0.2) is 0 Å². The van der Waals surface area contributed by atoms with Crippen molar-refractivity contribution in [3.63, 3.8) is 0 Å². The number of hydrogen-bond donors (Lipinski definition) is 1. The Labute approximate surface area is 133 Å². The molecule has 1 saturated carbocycles. The van der Waals surface area contributed by atoms with Crippen LogP contribution in [-0.2, 0) is 11.2 Å². The Morgan fingerprint density at radius 1 is 1.45 bits per heavy atom. The fourth-order valence-corrected chi connectivity index (χ4v) is 3.52. The van der Waals surface area contributed by atoms with Crippen molar-refractivity contribution in [2.45, 2.75) is 50.6 Å². The number of aryl methyl sites for hydroxylation is 1. The zero-order valence-corrected chi connectivity index (χ0v) is 13.5. The van der Waals surface area contributed by atoms with Crippen LogP contribution in [0.25, 0.3) is 0 Å². The van der Waals surface area contributed by atoms with Crippen molar-refractivity contribution >= 4 is 5.91 Å². The number of carbonyl (C=O) groups is 1. The van der Waals surface area contributed by atoms with Crippen molar-refractivity contribution in [2.75, 3.05) is 13.1 Å². The van der Waals surface area contributed by atoms with Gasteiger partial charge in [0.05, 0.1) is 6.04 Å². The van der Waals surface area contributed by atoms with E-state index in [0.717, 1.165) is 45.2 Å². The molecule has 1 aromatic rings. The standard InChI is InChI=1S/C19H26N2O/c1-3-12-21-13-6-9-17(21)18(22)20-19(10-11-19)14-16-8-5-4-7-15(16)2/h3-5,7-8,17H,1,6,9-14H2,2H3,(H,20,22)/t17-/m0/s1. The van der Waals surface area contributed by atoms with Crippen LogP contribution in [0.5, 0.6) is 0 Å². The minimum Gasteiger partial charge on any atom is -0.349 e. The first-order valence-electron chi connectivity index (χ1n) is 8.35. The quantitative estimate of drug-likeness (QED) is 0.819. The second kappa shape index (κ2) is 6.25. The van der Waals surface area contributed by atoms with Gasteiger partial charge in [-0.25, -0.2) is 0 Å². The Bertz CT molecular complexity index is 562. The van der Waals surface area contributed by atoms with Gasteiger partial charge in [0.1, 0.15) is 0 Å². The second-order valence-electron chi connectivity index (χ2n) is 6.81. The van der Waals surface area contributed by atoms with Crippen molar-refractivity contribution in [1.29, 1.82) is 0 Å². The van der Waals surface area contributed by atoms with E-state index in [4.69, 9.17) is 0 Å². The number of nitrogens with one attached hydrogen (secondary N) is 1. The fourth-order valence-electron chi connectivity index (χ4n) is 3.52. The SMILES string of the molecule is C=CCN1CCC[C@H]1C(=O)NC1(Cc2ccccc2C)CC1. The van der Waals surface area contributed by atoms with Crippen LogP contribution in [0.2, 0.25) is 0 Å². The normalized spacial score (nSPS) is 23.2.